The highest BCUT2D eigenvalue weighted by Gasteiger charge is 2.05. The molecule has 2 nitrogen and oxygen atoms in total. The van der Waals surface area contributed by atoms with Crippen LogP contribution in [-0.2, 0) is 4.74 Å². The van der Waals surface area contributed by atoms with Crippen molar-refractivity contribution in [3.8, 4) is 0 Å². The van der Waals surface area contributed by atoms with Crippen LogP contribution in [-0.4, -0.2) is 12.4 Å². The maximum absolute atomic E-state index is 11.0. The van der Waals surface area contributed by atoms with Gasteiger partial charge in [-0.2, -0.15) is 0 Å². The Bertz CT molecular complexity index is 301. The van der Waals surface area contributed by atoms with Gasteiger partial charge in [0.25, 0.3) is 0 Å². The molecule has 0 saturated heterocycles. The first-order valence-electron chi connectivity index (χ1n) is 4.87. The van der Waals surface area contributed by atoms with Crippen molar-refractivity contribution < 1.29 is 9.53 Å². The molecule has 0 unspecified atom stereocenters. The van der Waals surface area contributed by atoms with Gasteiger partial charge in [0.15, 0.2) is 5.78 Å². The van der Waals surface area contributed by atoms with Crippen molar-refractivity contribution in [2.75, 3.05) is 6.61 Å². The summed E-state index contributed by atoms with van der Waals surface area (Å²) in [5.74, 6) is 0.0978. The molecule has 1 aromatic carbocycles. The van der Waals surface area contributed by atoms with Gasteiger partial charge in [-0.05, 0) is 26.3 Å². The standard InChI is InChI=1S/C12H16O2/c1-4-14-10(3)12-7-5-11(6-8-12)9(2)13/h5-8,10H,4H2,1-3H3/t10-/m0/s1. The van der Waals surface area contributed by atoms with Crippen LogP contribution in [0.5, 0.6) is 0 Å². The van der Waals surface area contributed by atoms with E-state index >= 15 is 0 Å². The first kappa shape index (κ1) is 10.9. The zero-order valence-corrected chi connectivity index (χ0v) is 8.91. The molecule has 0 fully saturated rings. The molecule has 0 amide bonds. The summed E-state index contributed by atoms with van der Waals surface area (Å²) in [4.78, 5) is 11.0. The molecule has 1 atom stereocenters. The van der Waals surface area contributed by atoms with Gasteiger partial charge in [0.05, 0.1) is 6.10 Å². The van der Waals surface area contributed by atoms with Gasteiger partial charge in [0, 0.05) is 12.2 Å². The summed E-state index contributed by atoms with van der Waals surface area (Å²) in [5.41, 5.74) is 1.86. The third kappa shape index (κ3) is 2.67. The Kier molecular flexibility index (Phi) is 3.84. The minimum atomic E-state index is 0.0978. The van der Waals surface area contributed by atoms with Gasteiger partial charge in [0.1, 0.15) is 0 Å². The van der Waals surface area contributed by atoms with Crippen molar-refractivity contribution in [2.45, 2.75) is 26.9 Å². The highest BCUT2D eigenvalue weighted by atomic mass is 16.5. The number of hydrogen-bond acceptors (Lipinski definition) is 2. The monoisotopic (exact) mass is 192 g/mol. The number of hydrogen-bond donors (Lipinski definition) is 0. The van der Waals surface area contributed by atoms with Gasteiger partial charge in [0.2, 0.25) is 0 Å². The minimum absolute atomic E-state index is 0.0978. The second-order valence-corrected chi connectivity index (χ2v) is 3.28. The van der Waals surface area contributed by atoms with Crippen molar-refractivity contribution in [3.63, 3.8) is 0 Å². The summed E-state index contributed by atoms with van der Waals surface area (Å²) in [5, 5.41) is 0. The fourth-order valence-corrected chi connectivity index (χ4v) is 1.34. The molecule has 0 heterocycles. The molecule has 1 rings (SSSR count). The Balaban J connectivity index is 2.77. The number of carbonyl (C=O) groups excluding carboxylic acids is 1. The second kappa shape index (κ2) is 4.91. The van der Waals surface area contributed by atoms with Crippen molar-refractivity contribution >= 4 is 5.78 Å². The van der Waals surface area contributed by atoms with Crippen LogP contribution in [0.1, 0.15) is 42.8 Å². The molecule has 0 radical (unpaired) electrons. The van der Waals surface area contributed by atoms with Gasteiger partial charge >= 0.3 is 0 Å². The van der Waals surface area contributed by atoms with Crippen LogP contribution in [0.25, 0.3) is 0 Å². The average Bonchev–Trinajstić information content (AvgIpc) is 2.18. The molecule has 0 saturated carbocycles. The maximum Gasteiger partial charge on any atom is 0.159 e. The Morgan fingerprint density at radius 3 is 2.36 bits per heavy atom. The number of ketones is 1. The third-order valence-corrected chi connectivity index (χ3v) is 2.20. The van der Waals surface area contributed by atoms with Crippen molar-refractivity contribution in [1.29, 1.82) is 0 Å². The van der Waals surface area contributed by atoms with Crippen molar-refractivity contribution in [1.82, 2.24) is 0 Å². The minimum Gasteiger partial charge on any atom is -0.374 e. The molecular weight excluding hydrogens is 176 g/mol. The van der Waals surface area contributed by atoms with Crippen LogP contribution in [0.4, 0.5) is 0 Å². The van der Waals surface area contributed by atoms with Gasteiger partial charge in [-0.1, -0.05) is 24.3 Å². The topological polar surface area (TPSA) is 26.3 Å². The number of benzene rings is 1. The largest absolute Gasteiger partial charge is 0.374 e. The van der Waals surface area contributed by atoms with E-state index in [9.17, 15) is 4.79 Å². The summed E-state index contributed by atoms with van der Waals surface area (Å²) in [6.07, 6.45) is 0.0982. The van der Waals surface area contributed by atoms with Gasteiger partial charge < -0.3 is 4.74 Å². The molecule has 14 heavy (non-hydrogen) atoms. The SMILES string of the molecule is CCO[C@@H](C)c1ccc(C(C)=O)cc1. The molecular formula is C12H16O2. The molecule has 2 heteroatoms. The quantitative estimate of drug-likeness (QED) is 0.685. The zero-order valence-electron chi connectivity index (χ0n) is 8.91. The van der Waals surface area contributed by atoms with Crippen LogP contribution in [0.2, 0.25) is 0 Å². The Morgan fingerprint density at radius 2 is 1.93 bits per heavy atom. The van der Waals surface area contributed by atoms with Crippen LogP contribution in [0.15, 0.2) is 24.3 Å². The average molecular weight is 192 g/mol. The fourth-order valence-electron chi connectivity index (χ4n) is 1.34. The molecule has 0 spiro atoms. The van der Waals surface area contributed by atoms with E-state index in [0.717, 1.165) is 11.1 Å². The first-order valence-corrected chi connectivity index (χ1v) is 4.87. The summed E-state index contributed by atoms with van der Waals surface area (Å²) >= 11 is 0. The lowest BCUT2D eigenvalue weighted by Gasteiger charge is -2.11. The van der Waals surface area contributed by atoms with Crippen LogP contribution >= 0.6 is 0 Å². The van der Waals surface area contributed by atoms with E-state index in [1.54, 1.807) is 6.92 Å². The maximum atomic E-state index is 11.0. The lowest BCUT2D eigenvalue weighted by molar-refractivity contribution is 0.0763. The predicted octanol–water partition coefficient (Wildman–Crippen LogP) is 2.99. The molecule has 0 aromatic heterocycles. The molecule has 0 bridgehead atoms. The van der Waals surface area contributed by atoms with E-state index in [1.807, 2.05) is 38.1 Å². The predicted molar refractivity (Wildman–Crippen MR) is 56.5 cm³/mol. The molecule has 0 aliphatic rings. The van der Waals surface area contributed by atoms with Crippen LogP contribution in [0, 0.1) is 0 Å². The fraction of sp³-hybridized carbons (Fsp3) is 0.417. The lowest BCUT2D eigenvalue weighted by atomic mass is 10.1. The second-order valence-electron chi connectivity index (χ2n) is 3.28. The lowest BCUT2D eigenvalue weighted by Crippen LogP contribution is -2.00. The number of rotatable bonds is 4. The summed E-state index contributed by atoms with van der Waals surface area (Å²) in [7, 11) is 0. The summed E-state index contributed by atoms with van der Waals surface area (Å²) in [6.45, 7) is 6.25. The number of carbonyl (C=O) groups is 1. The smallest absolute Gasteiger partial charge is 0.159 e. The third-order valence-electron chi connectivity index (χ3n) is 2.20. The highest BCUT2D eigenvalue weighted by molar-refractivity contribution is 5.93. The first-order chi connectivity index (χ1) is 6.65. The zero-order chi connectivity index (χ0) is 10.6. The summed E-state index contributed by atoms with van der Waals surface area (Å²) < 4.78 is 5.44. The summed E-state index contributed by atoms with van der Waals surface area (Å²) in [6, 6.07) is 7.56. The highest BCUT2D eigenvalue weighted by Crippen LogP contribution is 2.17. The Morgan fingerprint density at radius 1 is 1.36 bits per heavy atom. The molecule has 0 N–H and O–H groups in total. The number of ether oxygens (including phenoxy) is 1. The molecule has 0 aliphatic carbocycles. The van der Waals surface area contributed by atoms with E-state index < -0.39 is 0 Å². The normalized spacial score (nSPS) is 12.5. The van der Waals surface area contributed by atoms with E-state index in [-0.39, 0.29) is 11.9 Å². The Labute approximate surface area is 84.9 Å². The van der Waals surface area contributed by atoms with E-state index in [1.165, 1.54) is 0 Å². The van der Waals surface area contributed by atoms with Gasteiger partial charge in [-0.25, -0.2) is 0 Å². The molecule has 0 aliphatic heterocycles. The van der Waals surface area contributed by atoms with Crippen molar-refractivity contribution in [2.24, 2.45) is 0 Å². The van der Waals surface area contributed by atoms with Gasteiger partial charge in [-0.15, -0.1) is 0 Å². The van der Waals surface area contributed by atoms with E-state index in [4.69, 9.17) is 4.74 Å². The Hall–Kier alpha value is -1.15. The van der Waals surface area contributed by atoms with Crippen LogP contribution in [0.3, 0.4) is 0 Å². The molecule has 1 aromatic rings. The van der Waals surface area contributed by atoms with Gasteiger partial charge in [-0.3, -0.25) is 4.79 Å². The molecule has 76 valence electrons. The van der Waals surface area contributed by atoms with E-state index in [0.29, 0.717) is 6.61 Å². The van der Waals surface area contributed by atoms with Crippen molar-refractivity contribution in [3.05, 3.63) is 35.4 Å². The van der Waals surface area contributed by atoms with Crippen LogP contribution < -0.4 is 0 Å². The van der Waals surface area contributed by atoms with E-state index in [2.05, 4.69) is 0 Å². The number of Topliss-reactive ketones (excluding diaryl/α,β-unsaturated/α-hetero) is 1.